The molecule has 0 spiro atoms. The zero-order chi connectivity index (χ0) is 14.4. The van der Waals surface area contributed by atoms with Crippen LogP contribution in [0.3, 0.4) is 0 Å². The molecule has 5 nitrogen and oxygen atoms in total. The second-order valence-electron chi connectivity index (χ2n) is 5.12. The fourth-order valence-electron chi connectivity index (χ4n) is 2.81. The van der Waals surface area contributed by atoms with Crippen molar-refractivity contribution in [3.8, 4) is 0 Å². The second kappa shape index (κ2) is 7.26. The molecule has 1 aliphatic heterocycles. The minimum Gasteiger partial charge on any atom is -0.453 e. The van der Waals surface area contributed by atoms with Crippen LogP contribution in [-0.4, -0.2) is 43.8 Å². The lowest BCUT2D eigenvalue weighted by Crippen LogP contribution is -2.38. The average Bonchev–Trinajstić information content (AvgIpc) is 2.93. The van der Waals surface area contributed by atoms with Gasteiger partial charge in [0, 0.05) is 25.2 Å². The molecule has 1 amide bonds. The smallest absolute Gasteiger partial charge is 0.407 e. The number of carbonyl (C=O) groups excluding carboxylic acids is 1. The Balaban J connectivity index is 1.99. The number of nitrogens with zero attached hydrogens (tertiary/aromatic N) is 1. The number of hydrogen-bond acceptors (Lipinski definition) is 4. The molecule has 2 atom stereocenters. The van der Waals surface area contributed by atoms with Crippen LogP contribution in [0.5, 0.6) is 0 Å². The summed E-state index contributed by atoms with van der Waals surface area (Å²) < 4.78 is 4.65. The van der Waals surface area contributed by atoms with E-state index in [-0.39, 0.29) is 12.1 Å². The molecule has 110 valence electrons. The summed E-state index contributed by atoms with van der Waals surface area (Å²) in [5.74, 6) is 0. The highest BCUT2D eigenvalue weighted by Crippen LogP contribution is 2.27. The highest BCUT2D eigenvalue weighted by Gasteiger charge is 2.29. The van der Waals surface area contributed by atoms with Crippen LogP contribution in [0.1, 0.15) is 24.4 Å². The van der Waals surface area contributed by atoms with Crippen molar-refractivity contribution < 1.29 is 9.53 Å². The van der Waals surface area contributed by atoms with E-state index in [1.165, 1.54) is 12.7 Å². The molecule has 0 saturated carbocycles. The maximum absolute atomic E-state index is 11.3. The molecule has 1 aromatic rings. The Morgan fingerprint density at radius 1 is 1.50 bits per heavy atom. The largest absolute Gasteiger partial charge is 0.453 e. The Labute approximate surface area is 120 Å². The van der Waals surface area contributed by atoms with E-state index in [2.05, 4.69) is 39.2 Å². The Hall–Kier alpha value is -1.59. The van der Waals surface area contributed by atoms with E-state index in [1.54, 1.807) is 0 Å². The van der Waals surface area contributed by atoms with Crippen molar-refractivity contribution in [2.45, 2.75) is 24.9 Å². The number of carbonyl (C=O) groups is 1. The zero-order valence-corrected chi connectivity index (χ0v) is 11.9. The molecular weight excluding hydrogens is 254 g/mol. The number of likely N-dealkylation sites (tertiary alicyclic amines) is 1. The third kappa shape index (κ3) is 3.71. The summed E-state index contributed by atoms with van der Waals surface area (Å²) in [5, 5.41) is 2.87. The maximum atomic E-state index is 11.3. The van der Waals surface area contributed by atoms with E-state index < -0.39 is 0 Å². The van der Waals surface area contributed by atoms with Gasteiger partial charge in [-0.15, -0.1) is 0 Å². The molecule has 1 aliphatic rings. The first-order valence-electron chi connectivity index (χ1n) is 7.08. The monoisotopic (exact) mass is 277 g/mol. The van der Waals surface area contributed by atoms with Gasteiger partial charge < -0.3 is 15.8 Å². The number of hydrogen-bond donors (Lipinski definition) is 2. The van der Waals surface area contributed by atoms with Crippen LogP contribution >= 0.6 is 0 Å². The van der Waals surface area contributed by atoms with Gasteiger partial charge in [-0.05, 0) is 24.9 Å². The summed E-state index contributed by atoms with van der Waals surface area (Å²) in [7, 11) is 1.39. The van der Waals surface area contributed by atoms with Crippen molar-refractivity contribution in [1.29, 1.82) is 0 Å². The van der Waals surface area contributed by atoms with Gasteiger partial charge in [-0.25, -0.2) is 4.79 Å². The summed E-state index contributed by atoms with van der Waals surface area (Å²) in [5.41, 5.74) is 7.04. The summed E-state index contributed by atoms with van der Waals surface area (Å²) in [6, 6.07) is 10.9. The van der Waals surface area contributed by atoms with Crippen molar-refractivity contribution >= 4 is 6.09 Å². The fraction of sp³-hybridized carbons (Fsp3) is 0.533. The molecule has 1 heterocycles. The number of benzene rings is 1. The third-order valence-electron chi connectivity index (χ3n) is 3.79. The van der Waals surface area contributed by atoms with Gasteiger partial charge >= 0.3 is 6.09 Å². The predicted octanol–water partition coefficient (Wildman–Crippen LogP) is 1.51. The number of ether oxygens (including phenoxy) is 1. The van der Waals surface area contributed by atoms with Crippen LogP contribution in [-0.2, 0) is 4.74 Å². The van der Waals surface area contributed by atoms with Gasteiger partial charge in [-0.1, -0.05) is 30.3 Å². The topological polar surface area (TPSA) is 67.6 Å². The second-order valence-corrected chi connectivity index (χ2v) is 5.12. The molecule has 3 N–H and O–H groups in total. The van der Waals surface area contributed by atoms with Crippen molar-refractivity contribution in [2.75, 3.05) is 26.7 Å². The first kappa shape index (κ1) is 14.8. The number of alkyl carbamates (subject to hydrolysis) is 1. The fourth-order valence-corrected chi connectivity index (χ4v) is 2.81. The molecule has 1 fully saturated rings. The minimum absolute atomic E-state index is 0.159. The standard InChI is InChI=1S/C15H23N3O2/c1-20-15(19)17-13-8-10-18(11-13)14(7-9-16)12-5-3-2-4-6-12/h2-6,13-14H,7-11,16H2,1H3,(H,17,19). The number of nitrogens with two attached hydrogens (primary N) is 1. The Bertz CT molecular complexity index is 424. The highest BCUT2D eigenvalue weighted by atomic mass is 16.5. The van der Waals surface area contributed by atoms with Crippen molar-refractivity contribution in [3.63, 3.8) is 0 Å². The molecular formula is C15H23N3O2. The van der Waals surface area contributed by atoms with E-state index in [0.29, 0.717) is 12.6 Å². The highest BCUT2D eigenvalue weighted by molar-refractivity contribution is 5.67. The lowest BCUT2D eigenvalue weighted by atomic mass is 10.0. The molecule has 20 heavy (non-hydrogen) atoms. The van der Waals surface area contributed by atoms with Crippen molar-refractivity contribution in [1.82, 2.24) is 10.2 Å². The quantitative estimate of drug-likeness (QED) is 0.856. The van der Waals surface area contributed by atoms with Crippen molar-refractivity contribution in [3.05, 3.63) is 35.9 Å². The number of amides is 1. The predicted molar refractivity (Wildman–Crippen MR) is 78.4 cm³/mol. The van der Waals surface area contributed by atoms with Crippen LogP contribution in [0.15, 0.2) is 30.3 Å². The molecule has 1 aromatic carbocycles. The summed E-state index contributed by atoms with van der Waals surface area (Å²) in [6.07, 6.45) is 1.52. The summed E-state index contributed by atoms with van der Waals surface area (Å²) in [6.45, 7) is 2.47. The van der Waals surface area contributed by atoms with Crippen LogP contribution in [0, 0.1) is 0 Å². The SMILES string of the molecule is COC(=O)NC1CCN(C(CCN)c2ccccc2)C1. The van der Waals surface area contributed by atoms with E-state index in [0.717, 1.165) is 25.9 Å². The van der Waals surface area contributed by atoms with Gasteiger partial charge in [0.2, 0.25) is 0 Å². The van der Waals surface area contributed by atoms with Gasteiger partial charge in [0.1, 0.15) is 0 Å². The van der Waals surface area contributed by atoms with Gasteiger partial charge in [-0.2, -0.15) is 0 Å². The zero-order valence-electron chi connectivity index (χ0n) is 11.9. The van der Waals surface area contributed by atoms with Crippen LogP contribution in [0.25, 0.3) is 0 Å². The van der Waals surface area contributed by atoms with Crippen LogP contribution in [0.2, 0.25) is 0 Å². The maximum Gasteiger partial charge on any atom is 0.407 e. The Morgan fingerprint density at radius 3 is 2.90 bits per heavy atom. The third-order valence-corrected chi connectivity index (χ3v) is 3.79. The van der Waals surface area contributed by atoms with Gasteiger partial charge in [0.05, 0.1) is 7.11 Å². The van der Waals surface area contributed by atoms with Gasteiger partial charge in [0.15, 0.2) is 0 Å². The Morgan fingerprint density at radius 2 is 2.25 bits per heavy atom. The molecule has 2 rings (SSSR count). The lowest BCUT2D eigenvalue weighted by molar-refractivity contribution is 0.165. The first-order valence-corrected chi connectivity index (χ1v) is 7.08. The molecule has 0 aromatic heterocycles. The lowest BCUT2D eigenvalue weighted by Gasteiger charge is -2.28. The van der Waals surface area contributed by atoms with E-state index in [9.17, 15) is 4.79 Å². The number of nitrogens with one attached hydrogen (secondary N) is 1. The van der Waals surface area contributed by atoms with E-state index in [4.69, 9.17) is 5.73 Å². The van der Waals surface area contributed by atoms with Gasteiger partial charge in [-0.3, -0.25) is 4.90 Å². The normalized spacial score (nSPS) is 20.6. The van der Waals surface area contributed by atoms with Crippen molar-refractivity contribution in [2.24, 2.45) is 5.73 Å². The minimum atomic E-state index is -0.355. The molecule has 0 bridgehead atoms. The van der Waals surface area contributed by atoms with Gasteiger partial charge in [0.25, 0.3) is 0 Å². The molecule has 0 radical (unpaired) electrons. The molecule has 1 saturated heterocycles. The summed E-state index contributed by atoms with van der Waals surface area (Å²) >= 11 is 0. The van der Waals surface area contributed by atoms with Crippen LogP contribution in [0.4, 0.5) is 4.79 Å². The molecule has 5 heteroatoms. The number of methoxy groups -OCH3 is 1. The molecule has 2 unspecified atom stereocenters. The van der Waals surface area contributed by atoms with Crippen LogP contribution < -0.4 is 11.1 Å². The van der Waals surface area contributed by atoms with E-state index in [1.807, 2.05) is 6.07 Å². The Kier molecular flexibility index (Phi) is 5.38. The average molecular weight is 277 g/mol. The molecule has 0 aliphatic carbocycles. The van der Waals surface area contributed by atoms with E-state index >= 15 is 0 Å². The first-order chi connectivity index (χ1) is 9.74. The number of rotatable bonds is 5. The summed E-state index contributed by atoms with van der Waals surface area (Å²) in [4.78, 5) is 13.7.